The zero-order valence-corrected chi connectivity index (χ0v) is 11.2. The number of alkyl halides is 2. The van der Waals surface area contributed by atoms with Gasteiger partial charge in [0.25, 0.3) is 0 Å². The number of benzene rings is 1. The van der Waals surface area contributed by atoms with Gasteiger partial charge in [-0.3, -0.25) is 0 Å². The summed E-state index contributed by atoms with van der Waals surface area (Å²) in [5, 5.41) is -0.0364. The standard InChI is InChI=1S/C12H12ClF2NO4/c1-2-18-11(17)12(14,15)10(16)6-3-8-9(4-7(6)13)20-5-19-8/h3-4,10H,2,5,16H2,1H3/t10-/m1/s1. The molecule has 2 N–H and O–H groups in total. The van der Waals surface area contributed by atoms with E-state index >= 15 is 0 Å². The lowest BCUT2D eigenvalue weighted by Crippen LogP contribution is -2.41. The maximum atomic E-state index is 13.9. The minimum Gasteiger partial charge on any atom is -0.462 e. The number of esters is 1. The van der Waals surface area contributed by atoms with Gasteiger partial charge in [-0.1, -0.05) is 11.6 Å². The summed E-state index contributed by atoms with van der Waals surface area (Å²) in [7, 11) is 0. The molecular formula is C12H12ClF2NO4. The van der Waals surface area contributed by atoms with Crippen molar-refractivity contribution in [3.63, 3.8) is 0 Å². The maximum Gasteiger partial charge on any atom is 0.379 e. The summed E-state index contributed by atoms with van der Waals surface area (Å²) >= 11 is 5.89. The topological polar surface area (TPSA) is 70.8 Å². The highest BCUT2D eigenvalue weighted by molar-refractivity contribution is 6.31. The van der Waals surface area contributed by atoms with E-state index in [1.165, 1.54) is 19.1 Å². The minimum absolute atomic E-state index is 0.0291. The van der Waals surface area contributed by atoms with E-state index in [1.807, 2.05) is 0 Å². The molecule has 1 aliphatic heterocycles. The third-order valence-electron chi connectivity index (χ3n) is 2.77. The quantitative estimate of drug-likeness (QED) is 0.864. The first kappa shape index (κ1) is 14.8. The smallest absolute Gasteiger partial charge is 0.379 e. The SMILES string of the molecule is CCOC(=O)C(F)(F)[C@H](N)c1cc2c(cc1Cl)OCO2. The van der Waals surface area contributed by atoms with Crippen molar-refractivity contribution in [2.45, 2.75) is 18.9 Å². The third kappa shape index (κ3) is 2.51. The van der Waals surface area contributed by atoms with E-state index in [-0.39, 0.29) is 29.7 Å². The lowest BCUT2D eigenvalue weighted by molar-refractivity contribution is -0.174. The second-order valence-electron chi connectivity index (χ2n) is 4.05. The number of carbonyl (C=O) groups excluding carboxylic acids is 1. The van der Waals surface area contributed by atoms with Gasteiger partial charge in [0.1, 0.15) is 6.04 Å². The number of rotatable bonds is 4. The second-order valence-corrected chi connectivity index (χ2v) is 4.46. The largest absolute Gasteiger partial charge is 0.462 e. The van der Waals surface area contributed by atoms with Crippen molar-refractivity contribution in [1.82, 2.24) is 0 Å². The Morgan fingerprint density at radius 3 is 2.70 bits per heavy atom. The van der Waals surface area contributed by atoms with E-state index in [2.05, 4.69) is 4.74 Å². The summed E-state index contributed by atoms with van der Waals surface area (Å²) < 4.78 is 42.2. The molecule has 0 spiro atoms. The molecule has 0 aromatic heterocycles. The Morgan fingerprint density at radius 2 is 2.10 bits per heavy atom. The van der Waals surface area contributed by atoms with Crippen LogP contribution in [0, 0.1) is 0 Å². The van der Waals surface area contributed by atoms with Crippen molar-refractivity contribution in [1.29, 1.82) is 0 Å². The number of halogens is 3. The average Bonchev–Trinajstić information content (AvgIpc) is 2.84. The highest BCUT2D eigenvalue weighted by Crippen LogP contribution is 2.42. The van der Waals surface area contributed by atoms with Crippen LogP contribution in [0.25, 0.3) is 0 Å². The lowest BCUT2D eigenvalue weighted by Gasteiger charge is -2.22. The van der Waals surface area contributed by atoms with E-state index in [9.17, 15) is 13.6 Å². The van der Waals surface area contributed by atoms with Gasteiger partial charge in [0.05, 0.1) is 6.61 Å². The average molecular weight is 308 g/mol. The number of carbonyl (C=O) groups is 1. The molecule has 0 unspecified atom stereocenters. The Kier molecular flexibility index (Phi) is 4.01. The predicted molar refractivity (Wildman–Crippen MR) is 66.1 cm³/mol. The number of nitrogens with two attached hydrogens (primary N) is 1. The molecular weight excluding hydrogens is 296 g/mol. The van der Waals surface area contributed by atoms with E-state index in [1.54, 1.807) is 0 Å². The van der Waals surface area contributed by atoms with Crippen LogP contribution < -0.4 is 15.2 Å². The molecule has 8 heteroatoms. The summed E-state index contributed by atoms with van der Waals surface area (Å²) in [6.07, 6.45) is 0. The van der Waals surface area contributed by atoms with Crippen LogP contribution in [0.4, 0.5) is 8.78 Å². The first-order valence-electron chi connectivity index (χ1n) is 5.77. The highest BCUT2D eigenvalue weighted by Gasteiger charge is 2.48. The first-order valence-corrected chi connectivity index (χ1v) is 6.15. The van der Waals surface area contributed by atoms with Crippen LogP contribution in [0.3, 0.4) is 0 Å². The molecule has 0 amide bonds. The second kappa shape index (κ2) is 5.41. The molecule has 0 radical (unpaired) electrons. The van der Waals surface area contributed by atoms with Crippen LogP contribution in [0.2, 0.25) is 5.02 Å². The molecule has 1 heterocycles. The zero-order valence-electron chi connectivity index (χ0n) is 10.5. The molecule has 1 aromatic rings. The Labute approximate surface area is 118 Å². The molecule has 2 rings (SSSR count). The van der Waals surface area contributed by atoms with Crippen LogP contribution in [-0.2, 0) is 9.53 Å². The zero-order chi connectivity index (χ0) is 14.9. The summed E-state index contributed by atoms with van der Waals surface area (Å²) in [5.74, 6) is -5.00. The fraction of sp³-hybridized carbons (Fsp3) is 0.417. The van der Waals surface area contributed by atoms with Gasteiger partial charge in [-0.2, -0.15) is 8.78 Å². The molecule has 1 atom stereocenters. The maximum absolute atomic E-state index is 13.9. The fourth-order valence-corrected chi connectivity index (χ4v) is 1.99. The monoisotopic (exact) mass is 307 g/mol. The van der Waals surface area contributed by atoms with Crippen molar-refractivity contribution in [3.8, 4) is 11.5 Å². The number of ether oxygens (including phenoxy) is 3. The molecule has 0 saturated carbocycles. The number of hydrogen-bond donors (Lipinski definition) is 1. The normalized spacial score (nSPS) is 15.1. The molecule has 0 saturated heterocycles. The lowest BCUT2D eigenvalue weighted by atomic mass is 10.0. The molecule has 0 aliphatic carbocycles. The summed E-state index contributed by atoms with van der Waals surface area (Å²) in [6, 6.07) is 0.617. The molecule has 0 fully saturated rings. The van der Waals surface area contributed by atoms with Gasteiger partial charge >= 0.3 is 11.9 Å². The van der Waals surface area contributed by atoms with Gasteiger partial charge in [0.2, 0.25) is 6.79 Å². The Balaban J connectivity index is 2.33. The Morgan fingerprint density at radius 1 is 1.50 bits per heavy atom. The van der Waals surface area contributed by atoms with E-state index < -0.39 is 17.9 Å². The molecule has 1 aliphatic rings. The molecule has 110 valence electrons. The van der Waals surface area contributed by atoms with E-state index in [0.29, 0.717) is 5.75 Å². The molecule has 1 aromatic carbocycles. The van der Waals surface area contributed by atoms with Gasteiger partial charge in [-0.15, -0.1) is 0 Å². The van der Waals surface area contributed by atoms with Gasteiger partial charge in [-0.05, 0) is 18.6 Å². The van der Waals surface area contributed by atoms with Crippen LogP contribution in [0.15, 0.2) is 12.1 Å². The van der Waals surface area contributed by atoms with Crippen LogP contribution in [-0.4, -0.2) is 25.3 Å². The highest BCUT2D eigenvalue weighted by atomic mass is 35.5. The third-order valence-corrected chi connectivity index (χ3v) is 3.09. The summed E-state index contributed by atoms with van der Waals surface area (Å²) in [6.45, 7) is 1.22. The summed E-state index contributed by atoms with van der Waals surface area (Å²) in [4.78, 5) is 11.3. The summed E-state index contributed by atoms with van der Waals surface area (Å²) in [5.41, 5.74) is 5.35. The van der Waals surface area contributed by atoms with Crippen molar-refractivity contribution >= 4 is 17.6 Å². The van der Waals surface area contributed by atoms with Gasteiger partial charge in [0.15, 0.2) is 11.5 Å². The van der Waals surface area contributed by atoms with Crippen molar-refractivity contribution in [2.24, 2.45) is 5.73 Å². The fourth-order valence-electron chi connectivity index (χ4n) is 1.72. The molecule has 20 heavy (non-hydrogen) atoms. The number of hydrogen-bond acceptors (Lipinski definition) is 5. The van der Waals surface area contributed by atoms with Crippen LogP contribution in [0.1, 0.15) is 18.5 Å². The van der Waals surface area contributed by atoms with E-state index in [4.69, 9.17) is 26.8 Å². The van der Waals surface area contributed by atoms with Gasteiger partial charge in [0, 0.05) is 11.1 Å². The van der Waals surface area contributed by atoms with Crippen LogP contribution in [0.5, 0.6) is 11.5 Å². The van der Waals surface area contributed by atoms with E-state index in [0.717, 1.165) is 0 Å². The van der Waals surface area contributed by atoms with Crippen molar-refractivity contribution in [3.05, 3.63) is 22.7 Å². The Bertz CT molecular complexity index is 538. The predicted octanol–water partition coefficient (Wildman–Crippen LogP) is 2.27. The van der Waals surface area contributed by atoms with Crippen LogP contribution >= 0.6 is 11.6 Å². The first-order chi connectivity index (χ1) is 9.37. The number of fused-ring (bicyclic) bond motifs is 1. The molecule has 5 nitrogen and oxygen atoms in total. The van der Waals surface area contributed by atoms with Gasteiger partial charge in [-0.25, -0.2) is 4.79 Å². The minimum atomic E-state index is -3.90. The molecule has 0 bridgehead atoms. The van der Waals surface area contributed by atoms with Crippen molar-refractivity contribution < 1.29 is 27.8 Å². The Hall–Kier alpha value is -1.60. The van der Waals surface area contributed by atoms with Crippen molar-refractivity contribution in [2.75, 3.05) is 13.4 Å². The van der Waals surface area contributed by atoms with Gasteiger partial charge < -0.3 is 19.9 Å².